The number of unbranched alkanes of at least 4 members (excludes halogenated alkanes) is 2. The van der Waals surface area contributed by atoms with Crippen LogP contribution in [0.15, 0.2) is 12.4 Å². The van der Waals surface area contributed by atoms with Crippen LogP contribution in [0.4, 0.5) is 0 Å². The zero-order chi connectivity index (χ0) is 15.0. The van der Waals surface area contributed by atoms with Gasteiger partial charge in [-0.05, 0) is 20.3 Å². The molecular weight excluding hydrogens is 258 g/mol. The Labute approximate surface area is 119 Å². The number of hydrogen-bond donors (Lipinski definition) is 1. The van der Waals surface area contributed by atoms with Gasteiger partial charge in [0, 0.05) is 12.7 Å². The number of carbonyl (C=O) groups is 2. The Morgan fingerprint density at radius 3 is 2.80 bits per heavy atom. The minimum Gasteiger partial charge on any atom is -0.462 e. The molecule has 6 heteroatoms. The first-order valence-corrected chi connectivity index (χ1v) is 7.09. The highest BCUT2D eigenvalue weighted by atomic mass is 16.5. The Balaban J connectivity index is 2.52. The molecule has 0 spiro atoms. The Kier molecular flexibility index (Phi) is 6.76. The highest BCUT2D eigenvalue weighted by Gasteiger charge is 2.17. The minimum atomic E-state index is -0.445. The molecule has 0 bridgehead atoms. The largest absolute Gasteiger partial charge is 0.462 e. The average Bonchev–Trinajstić information content (AvgIpc) is 2.92. The van der Waals surface area contributed by atoms with Crippen LogP contribution in [-0.2, 0) is 9.53 Å². The third-order valence-corrected chi connectivity index (χ3v) is 2.97. The lowest BCUT2D eigenvalue weighted by atomic mass is 10.2. The molecule has 0 saturated carbocycles. The molecule has 0 aromatic carbocycles. The number of amides is 1. The summed E-state index contributed by atoms with van der Waals surface area (Å²) in [6.45, 7) is 6.59. The van der Waals surface area contributed by atoms with Gasteiger partial charge >= 0.3 is 5.97 Å². The Morgan fingerprint density at radius 2 is 2.15 bits per heavy atom. The molecule has 6 nitrogen and oxygen atoms in total. The van der Waals surface area contributed by atoms with E-state index in [0.717, 1.165) is 19.3 Å². The van der Waals surface area contributed by atoms with E-state index in [1.54, 1.807) is 13.8 Å². The molecule has 0 fully saturated rings. The molecule has 1 aromatic heterocycles. The number of esters is 1. The lowest BCUT2D eigenvalue weighted by Crippen LogP contribution is -2.31. The van der Waals surface area contributed by atoms with E-state index in [2.05, 4.69) is 17.3 Å². The van der Waals surface area contributed by atoms with E-state index >= 15 is 0 Å². The molecule has 112 valence electrons. The molecule has 0 aliphatic rings. The molecule has 1 heterocycles. The van der Waals surface area contributed by atoms with Crippen molar-refractivity contribution in [1.82, 2.24) is 15.1 Å². The predicted molar refractivity (Wildman–Crippen MR) is 75.4 cm³/mol. The van der Waals surface area contributed by atoms with Gasteiger partial charge in [0.2, 0.25) is 5.91 Å². The van der Waals surface area contributed by atoms with E-state index in [9.17, 15) is 9.59 Å². The van der Waals surface area contributed by atoms with E-state index in [0.29, 0.717) is 18.7 Å². The van der Waals surface area contributed by atoms with Crippen molar-refractivity contribution in [3.63, 3.8) is 0 Å². The maximum Gasteiger partial charge on any atom is 0.341 e. The molecule has 1 aromatic rings. The molecule has 1 N–H and O–H groups in total. The summed E-state index contributed by atoms with van der Waals surface area (Å²) in [7, 11) is 0. The first-order chi connectivity index (χ1) is 9.60. The van der Waals surface area contributed by atoms with E-state index in [1.165, 1.54) is 17.1 Å². The molecule has 1 unspecified atom stereocenters. The number of ether oxygens (including phenoxy) is 1. The van der Waals surface area contributed by atoms with E-state index in [4.69, 9.17) is 4.74 Å². The fourth-order valence-electron chi connectivity index (χ4n) is 1.72. The first-order valence-electron chi connectivity index (χ1n) is 7.09. The smallest absolute Gasteiger partial charge is 0.341 e. The van der Waals surface area contributed by atoms with Crippen LogP contribution in [0.25, 0.3) is 0 Å². The van der Waals surface area contributed by atoms with Crippen LogP contribution < -0.4 is 5.32 Å². The van der Waals surface area contributed by atoms with Crippen molar-refractivity contribution >= 4 is 11.9 Å². The van der Waals surface area contributed by atoms with Crippen LogP contribution in [0.1, 0.15) is 56.4 Å². The van der Waals surface area contributed by atoms with Gasteiger partial charge in [0.15, 0.2) is 0 Å². The van der Waals surface area contributed by atoms with Crippen molar-refractivity contribution in [2.75, 3.05) is 13.2 Å². The number of hydrogen-bond acceptors (Lipinski definition) is 4. The molecule has 1 rings (SSSR count). The van der Waals surface area contributed by atoms with Crippen molar-refractivity contribution in [2.24, 2.45) is 0 Å². The molecular formula is C14H23N3O3. The maximum atomic E-state index is 11.9. The van der Waals surface area contributed by atoms with E-state index < -0.39 is 12.0 Å². The lowest BCUT2D eigenvalue weighted by Gasteiger charge is -2.12. The molecule has 20 heavy (non-hydrogen) atoms. The van der Waals surface area contributed by atoms with Crippen LogP contribution in [0.2, 0.25) is 0 Å². The number of nitrogens with zero attached hydrogens (tertiary/aromatic N) is 2. The first kappa shape index (κ1) is 16.2. The third-order valence-electron chi connectivity index (χ3n) is 2.97. The van der Waals surface area contributed by atoms with E-state index in [-0.39, 0.29) is 5.91 Å². The number of carbonyl (C=O) groups excluding carboxylic acids is 2. The summed E-state index contributed by atoms with van der Waals surface area (Å²) >= 11 is 0. The van der Waals surface area contributed by atoms with Crippen LogP contribution in [-0.4, -0.2) is 34.8 Å². The van der Waals surface area contributed by atoms with Gasteiger partial charge in [0.25, 0.3) is 0 Å². The fourth-order valence-corrected chi connectivity index (χ4v) is 1.72. The van der Waals surface area contributed by atoms with Gasteiger partial charge in [-0.3, -0.25) is 9.48 Å². The SMILES string of the molecule is CCCCCNC(=O)C(C)n1cc(C(=O)OCC)cn1. The topological polar surface area (TPSA) is 73.2 Å². The standard InChI is InChI=1S/C14H23N3O3/c1-4-6-7-8-15-13(18)11(3)17-10-12(9-16-17)14(19)20-5-2/h9-11H,4-8H2,1-3H3,(H,15,18). The Hall–Kier alpha value is -1.85. The van der Waals surface area contributed by atoms with E-state index in [1.807, 2.05) is 0 Å². The van der Waals surface area contributed by atoms with Gasteiger partial charge in [-0.2, -0.15) is 5.10 Å². The van der Waals surface area contributed by atoms with Gasteiger partial charge in [0.05, 0.1) is 18.4 Å². The second kappa shape index (κ2) is 8.35. The minimum absolute atomic E-state index is 0.0976. The quantitative estimate of drug-likeness (QED) is 0.583. The van der Waals surface area contributed by atoms with Crippen LogP contribution in [0, 0.1) is 0 Å². The summed E-state index contributed by atoms with van der Waals surface area (Å²) < 4.78 is 6.35. The molecule has 0 saturated heterocycles. The van der Waals surface area contributed by atoms with Crippen molar-refractivity contribution in [3.05, 3.63) is 18.0 Å². The predicted octanol–water partition coefficient (Wildman–Crippen LogP) is 1.93. The second-order valence-corrected chi connectivity index (χ2v) is 4.60. The van der Waals surface area contributed by atoms with Gasteiger partial charge < -0.3 is 10.1 Å². The average molecular weight is 281 g/mol. The van der Waals surface area contributed by atoms with Gasteiger partial charge in [0.1, 0.15) is 6.04 Å². The molecule has 1 atom stereocenters. The molecule has 1 amide bonds. The number of nitrogens with one attached hydrogen (secondary N) is 1. The maximum absolute atomic E-state index is 11.9. The number of aromatic nitrogens is 2. The summed E-state index contributed by atoms with van der Waals surface area (Å²) in [6.07, 6.45) is 6.15. The monoisotopic (exact) mass is 281 g/mol. The zero-order valence-electron chi connectivity index (χ0n) is 12.4. The molecule has 0 aliphatic heterocycles. The highest BCUT2D eigenvalue weighted by molar-refractivity contribution is 5.89. The molecule has 0 aliphatic carbocycles. The van der Waals surface area contributed by atoms with Gasteiger partial charge in [-0.15, -0.1) is 0 Å². The Morgan fingerprint density at radius 1 is 1.40 bits per heavy atom. The molecule has 0 radical (unpaired) electrons. The fraction of sp³-hybridized carbons (Fsp3) is 0.643. The van der Waals surface area contributed by atoms with Crippen LogP contribution in [0.3, 0.4) is 0 Å². The van der Waals surface area contributed by atoms with Crippen LogP contribution >= 0.6 is 0 Å². The second-order valence-electron chi connectivity index (χ2n) is 4.60. The van der Waals surface area contributed by atoms with Crippen molar-refractivity contribution in [1.29, 1.82) is 0 Å². The summed E-state index contributed by atoms with van der Waals surface area (Å²) in [5.41, 5.74) is 0.359. The van der Waals surface area contributed by atoms with Crippen LogP contribution in [0.5, 0.6) is 0 Å². The summed E-state index contributed by atoms with van der Waals surface area (Å²) in [4.78, 5) is 23.4. The summed E-state index contributed by atoms with van der Waals surface area (Å²) in [5.74, 6) is -0.520. The zero-order valence-corrected chi connectivity index (χ0v) is 12.4. The summed E-state index contributed by atoms with van der Waals surface area (Å²) in [6, 6.07) is -0.445. The Bertz CT molecular complexity index is 443. The number of rotatable bonds is 8. The summed E-state index contributed by atoms with van der Waals surface area (Å²) in [5, 5.41) is 6.90. The van der Waals surface area contributed by atoms with Gasteiger partial charge in [-0.25, -0.2) is 4.79 Å². The van der Waals surface area contributed by atoms with Crippen molar-refractivity contribution in [3.8, 4) is 0 Å². The third kappa shape index (κ3) is 4.68. The highest BCUT2D eigenvalue weighted by Crippen LogP contribution is 2.08. The van der Waals surface area contributed by atoms with Crippen molar-refractivity contribution < 1.29 is 14.3 Å². The van der Waals surface area contributed by atoms with Gasteiger partial charge in [-0.1, -0.05) is 19.8 Å². The van der Waals surface area contributed by atoms with Crippen molar-refractivity contribution in [2.45, 2.75) is 46.1 Å². The lowest BCUT2D eigenvalue weighted by molar-refractivity contribution is -0.124. The normalized spacial score (nSPS) is 11.9.